The molecule has 0 aliphatic rings. The van der Waals surface area contributed by atoms with Gasteiger partial charge in [0.25, 0.3) is 0 Å². The normalized spacial score (nSPS) is 14.3. The second kappa shape index (κ2) is 5.05. The van der Waals surface area contributed by atoms with E-state index in [1.807, 2.05) is 29.0 Å². The number of methoxy groups -OCH3 is 1. The molecule has 0 saturated heterocycles. The molecule has 2 aromatic rings. The van der Waals surface area contributed by atoms with Crippen LogP contribution in [-0.2, 0) is 22.5 Å². The van der Waals surface area contributed by atoms with Gasteiger partial charge in [-0.05, 0) is 30.4 Å². The van der Waals surface area contributed by atoms with Gasteiger partial charge < -0.3 is 14.4 Å². The first-order valence-corrected chi connectivity index (χ1v) is 6.37. The summed E-state index contributed by atoms with van der Waals surface area (Å²) in [6.45, 7) is 3.74. The number of benzene rings is 1. The molecule has 0 saturated carbocycles. The van der Waals surface area contributed by atoms with Crippen LogP contribution in [0.5, 0.6) is 0 Å². The summed E-state index contributed by atoms with van der Waals surface area (Å²) < 4.78 is 6.54. The fourth-order valence-electron chi connectivity index (χ4n) is 2.37. The lowest BCUT2D eigenvalue weighted by Crippen LogP contribution is -2.40. The van der Waals surface area contributed by atoms with Crippen LogP contribution in [0.15, 0.2) is 30.5 Å². The molecule has 0 aliphatic heterocycles. The zero-order valence-corrected chi connectivity index (χ0v) is 11.5. The smallest absolute Gasteiger partial charge is 0.339 e. The van der Waals surface area contributed by atoms with Gasteiger partial charge >= 0.3 is 5.97 Å². The zero-order valence-electron chi connectivity index (χ0n) is 11.5. The van der Waals surface area contributed by atoms with Crippen molar-refractivity contribution >= 4 is 16.9 Å². The van der Waals surface area contributed by atoms with E-state index in [0.29, 0.717) is 0 Å². The van der Waals surface area contributed by atoms with Crippen LogP contribution < -0.4 is 0 Å². The molecule has 4 heteroatoms. The number of carbonyl (C=O) groups excluding carboxylic acids is 1. The van der Waals surface area contributed by atoms with E-state index in [2.05, 4.69) is 17.7 Å². The molecule has 102 valence electrons. The highest BCUT2D eigenvalue weighted by Gasteiger charge is 2.32. The highest BCUT2D eigenvalue weighted by Crippen LogP contribution is 2.23. The molecule has 1 heterocycles. The van der Waals surface area contributed by atoms with Crippen LogP contribution in [0.25, 0.3) is 10.9 Å². The van der Waals surface area contributed by atoms with Crippen molar-refractivity contribution in [3.63, 3.8) is 0 Å². The molecular weight excluding hydrogens is 242 g/mol. The third-order valence-corrected chi connectivity index (χ3v) is 3.36. The van der Waals surface area contributed by atoms with Crippen LogP contribution in [0.3, 0.4) is 0 Å². The quantitative estimate of drug-likeness (QED) is 0.858. The molecular formula is C15H19NO3. The fraction of sp³-hybridized carbons (Fsp3) is 0.400. The maximum atomic E-state index is 11.6. The van der Waals surface area contributed by atoms with Crippen molar-refractivity contribution in [2.24, 2.45) is 0 Å². The predicted octanol–water partition coefficient (Wildman–Crippen LogP) is 2.13. The van der Waals surface area contributed by atoms with Crippen LogP contribution in [0.2, 0.25) is 0 Å². The van der Waals surface area contributed by atoms with Crippen LogP contribution in [0.4, 0.5) is 0 Å². The molecule has 1 aromatic heterocycles. The number of carbonyl (C=O) groups is 1. The molecule has 1 N–H and O–H groups in total. The van der Waals surface area contributed by atoms with Crippen molar-refractivity contribution in [3.05, 3.63) is 36.0 Å². The van der Waals surface area contributed by atoms with E-state index in [4.69, 9.17) is 0 Å². The van der Waals surface area contributed by atoms with Gasteiger partial charge in [0.05, 0.1) is 19.2 Å². The summed E-state index contributed by atoms with van der Waals surface area (Å²) in [5, 5.41) is 11.3. The third kappa shape index (κ3) is 2.49. The van der Waals surface area contributed by atoms with Crippen LogP contribution in [0, 0.1) is 0 Å². The minimum atomic E-state index is -1.53. The van der Waals surface area contributed by atoms with Crippen molar-refractivity contribution in [1.29, 1.82) is 0 Å². The summed E-state index contributed by atoms with van der Waals surface area (Å²) in [6, 6.07) is 8.09. The number of aryl methyl sites for hydroxylation is 1. The van der Waals surface area contributed by atoms with Crippen molar-refractivity contribution in [2.45, 2.75) is 32.4 Å². The number of aromatic nitrogens is 1. The van der Waals surface area contributed by atoms with Crippen LogP contribution >= 0.6 is 0 Å². The molecule has 4 nitrogen and oxygen atoms in total. The second-order valence-electron chi connectivity index (χ2n) is 4.92. The lowest BCUT2D eigenvalue weighted by molar-refractivity contribution is -0.161. The van der Waals surface area contributed by atoms with E-state index < -0.39 is 11.6 Å². The summed E-state index contributed by atoms with van der Waals surface area (Å²) in [4.78, 5) is 11.6. The molecule has 0 aliphatic carbocycles. The fourth-order valence-corrected chi connectivity index (χ4v) is 2.37. The summed E-state index contributed by atoms with van der Waals surface area (Å²) in [5.74, 6) is -0.622. The summed E-state index contributed by atoms with van der Waals surface area (Å²) in [5.41, 5.74) is 0.735. The average molecular weight is 261 g/mol. The van der Waals surface area contributed by atoms with Crippen molar-refractivity contribution in [1.82, 2.24) is 4.57 Å². The van der Waals surface area contributed by atoms with Crippen LogP contribution in [-0.4, -0.2) is 28.4 Å². The monoisotopic (exact) mass is 261 g/mol. The Morgan fingerprint density at radius 2 is 2.16 bits per heavy atom. The molecule has 1 aromatic carbocycles. The second-order valence-corrected chi connectivity index (χ2v) is 4.92. The number of fused-ring (bicyclic) bond motifs is 1. The van der Waals surface area contributed by atoms with Crippen molar-refractivity contribution < 1.29 is 14.6 Å². The maximum Gasteiger partial charge on any atom is 0.339 e. The van der Waals surface area contributed by atoms with Gasteiger partial charge in [0.15, 0.2) is 5.60 Å². The molecule has 2 rings (SSSR count). The van der Waals surface area contributed by atoms with Gasteiger partial charge in [-0.1, -0.05) is 25.1 Å². The molecule has 0 fully saturated rings. The van der Waals surface area contributed by atoms with Gasteiger partial charge in [0, 0.05) is 6.20 Å². The number of para-hydroxylation sites is 1. The van der Waals surface area contributed by atoms with Crippen molar-refractivity contribution in [2.75, 3.05) is 7.11 Å². The van der Waals surface area contributed by atoms with Crippen molar-refractivity contribution in [3.8, 4) is 0 Å². The van der Waals surface area contributed by atoms with E-state index in [9.17, 15) is 9.90 Å². The first-order chi connectivity index (χ1) is 8.99. The number of nitrogens with zero attached hydrogens (tertiary/aromatic N) is 1. The Morgan fingerprint density at radius 1 is 1.42 bits per heavy atom. The topological polar surface area (TPSA) is 51.5 Å². The first-order valence-electron chi connectivity index (χ1n) is 6.37. The first kappa shape index (κ1) is 13.6. The predicted molar refractivity (Wildman–Crippen MR) is 74.0 cm³/mol. The van der Waals surface area contributed by atoms with Gasteiger partial charge in [0.1, 0.15) is 0 Å². The highest BCUT2D eigenvalue weighted by atomic mass is 16.5. The molecule has 19 heavy (non-hydrogen) atoms. The lowest BCUT2D eigenvalue weighted by Gasteiger charge is -2.22. The lowest BCUT2D eigenvalue weighted by atomic mass is 10.1. The number of hydrogen-bond donors (Lipinski definition) is 1. The summed E-state index contributed by atoms with van der Waals surface area (Å²) in [7, 11) is 1.28. The molecule has 0 spiro atoms. The van der Waals surface area contributed by atoms with E-state index in [1.165, 1.54) is 19.6 Å². The molecule has 0 amide bonds. The van der Waals surface area contributed by atoms with E-state index in [0.717, 1.165) is 17.3 Å². The zero-order chi connectivity index (χ0) is 14.0. The van der Waals surface area contributed by atoms with Gasteiger partial charge in [0.2, 0.25) is 0 Å². The van der Waals surface area contributed by atoms with Gasteiger partial charge in [-0.25, -0.2) is 4.79 Å². The van der Waals surface area contributed by atoms with E-state index in [1.54, 1.807) is 0 Å². The minimum Gasteiger partial charge on any atom is -0.467 e. The largest absolute Gasteiger partial charge is 0.467 e. The Kier molecular flexibility index (Phi) is 3.62. The Labute approximate surface area is 112 Å². The third-order valence-electron chi connectivity index (χ3n) is 3.36. The van der Waals surface area contributed by atoms with Gasteiger partial charge in [-0.2, -0.15) is 0 Å². The van der Waals surface area contributed by atoms with Gasteiger partial charge in [-0.15, -0.1) is 0 Å². The maximum absolute atomic E-state index is 11.6. The van der Waals surface area contributed by atoms with E-state index in [-0.39, 0.29) is 6.54 Å². The van der Waals surface area contributed by atoms with E-state index >= 15 is 0 Å². The molecule has 1 atom stereocenters. The number of esters is 1. The van der Waals surface area contributed by atoms with Gasteiger partial charge in [-0.3, -0.25) is 0 Å². The Hall–Kier alpha value is -1.81. The number of ether oxygens (including phenoxy) is 1. The Balaban J connectivity index is 2.44. The molecule has 0 bridgehead atoms. The highest BCUT2D eigenvalue weighted by molar-refractivity contribution is 5.84. The number of rotatable bonds is 4. The number of hydrogen-bond acceptors (Lipinski definition) is 3. The molecule has 1 unspecified atom stereocenters. The Bertz CT molecular complexity index is 598. The summed E-state index contributed by atoms with van der Waals surface area (Å²) in [6.07, 6.45) is 2.79. The SMILES string of the molecule is CCc1cccc2ccn(CC(C)(O)C(=O)OC)c12. The minimum absolute atomic E-state index is 0.181. The molecule has 0 radical (unpaired) electrons. The van der Waals surface area contributed by atoms with Crippen LogP contribution in [0.1, 0.15) is 19.4 Å². The number of aliphatic hydroxyl groups is 1. The summed E-state index contributed by atoms with van der Waals surface area (Å²) >= 11 is 0. The standard InChI is InChI=1S/C15H19NO3/c1-4-11-6-5-7-12-8-9-16(13(11)12)10-15(2,18)14(17)19-3/h5-9,18H,4,10H2,1-3H3. The Morgan fingerprint density at radius 3 is 2.79 bits per heavy atom. The average Bonchev–Trinajstić information content (AvgIpc) is 2.80.